The number of hydrogen-bond donors (Lipinski definition) is 1. The highest BCUT2D eigenvalue weighted by molar-refractivity contribution is 6.33. The van der Waals surface area contributed by atoms with Crippen molar-refractivity contribution in [1.29, 1.82) is 5.26 Å². The van der Waals surface area contributed by atoms with Crippen molar-refractivity contribution in [2.45, 2.75) is 31.5 Å². The molecule has 2 amide bonds. The summed E-state index contributed by atoms with van der Waals surface area (Å²) in [4.78, 5) is 13.8. The van der Waals surface area contributed by atoms with E-state index in [-0.39, 0.29) is 36.3 Å². The molecule has 1 atom stereocenters. The van der Waals surface area contributed by atoms with Crippen molar-refractivity contribution in [2.24, 2.45) is 0 Å². The van der Waals surface area contributed by atoms with Crippen LogP contribution in [0.25, 0.3) is 0 Å². The number of rotatable bonds is 5. The molecular formula is C16H17ClF3N3O2. The van der Waals surface area contributed by atoms with E-state index >= 15 is 0 Å². The van der Waals surface area contributed by atoms with Gasteiger partial charge in [-0.15, -0.1) is 0 Å². The number of nitrogens with zero attached hydrogens (tertiary/aromatic N) is 2. The average molecular weight is 376 g/mol. The average Bonchev–Trinajstić information content (AvgIpc) is 3.05. The van der Waals surface area contributed by atoms with Gasteiger partial charge in [0.2, 0.25) is 0 Å². The summed E-state index contributed by atoms with van der Waals surface area (Å²) in [5, 5.41) is 11.1. The highest BCUT2D eigenvalue weighted by Crippen LogP contribution is 2.34. The van der Waals surface area contributed by atoms with E-state index in [0.29, 0.717) is 6.61 Å². The van der Waals surface area contributed by atoms with Gasteiger partial charge >= 0.3 is 12.2 Å². The monoisotopic (exact) mass is 375 g/mol. The Labute approximate surface area is 148 Å². The lowest BCUT2D eigenvalue weighted by molar-refractivity contribution is -0.137. The van der Waals surface area contributed by atoms with Crippen molar-refractivity contribution in [1.82, 2.24) is 4.90 Å². The first-order chi connectivity index (χ1) is 11.8. The summed E-state index contributed by atoms with van der Waals surface area (Å²) in [7, 11) is 0. The Balaban J connectivity index is 2.12. The highest BCUT2D eigenvalue weighted by atomic mass is 35.5. The Kier molecular flexibility index (Phi) is 6.51. The SMILES string of the molecule is N#CCCN(CC1CCCO1)C(=O)Nc1cc(C(F)(F)F)ccc1Cl. The molecule has 1 heterocycles. The summed E-state index contributed by atoms with van der Waals surface area (Å²) in [6.45, 7) is 1.03. The van der Waals surface area contributed by atoms with E-state index in [2.05, 4.69) is 5.32 Å². The molecule has 0 radical (unpaired) electrons. The molecule has 9 heteroatoms. The second-order valence-corrected chi connectivity index (χ2v) is 6.02. The topological polar surface area (TPSA) is 65.4 Å². The molecule has 0 saturated carbocycles. The molecule has 1 aromatic rings. The lowest BCUT2D eigenvalue weighted by Gasteiger charge is -2.25. The van der Waals surface area contributed by atoms with Crippen molar-refractivity contribution in [2.75, 3.05) is 25.0 Å². The summed E-state index contributed by atoms with van der Waals surface area (Å²) in [5.41, 5.74) is -1.04. The van der Waals surface area contributed by atoms with Crippen molar-refractivity contribution in [3.8, 4) is 6.07 Å². The summed E-state index contributed by atoms with van der Waals surface area (Å²) < 4.78 is 43.9. The molecule has 1 aromatic carbocycles. The second kappa shape index (κ2) is 8.41. The first kappa shape index (κ1) is 19.3. The predicted octanol–water partition coefficient (Wildman–Crippen LogP) is 4.29. The Morgan fingerprint density at radius 3 is 2.84 bits per heavy atom. The molecular weight excluding hydrogens is 359 g/mol. The maximum absolute atomic E-state index is 12.8. The van der Waals surface area contributed by atoms with Gasteiger partial charge in [0.1, 0.15) is 0 Å². The molecule has 25 heavy (non-hydrogen) atoms. The van der Waals surface area contributed by atoms with Gasteiger partial charge in [0.15, 0.2) is 0 Å². The number of urea groups is 1. The number of amides is 2. The fraction of sp³-hybridized carbons (Fsp3) is 0.500. The van der Waals surface area contributed by atoms with Crippen LogP contribution in [0.5, 0.6) is 0 Å². The van der Waals surface area contributed by atoms with E-state index in [1.165, 1.54) is 4.90 Å². The fourth-order valence-electron chi connectivity index (χ4n) is 2.49. The largest absolute Gasteiger partial charge is 0.416 e. The molecule has 0 aliphatic carbocycles. The third-order valence-electron chi connectivity index (χ3n) is 3.76. The maximum Gasteiger partial charge on any atom is 0.416 e. The molecule has 0 aromatic heterocycles. The summed E-state index contributed by atoms with van der Waals surface area (Å²) in [5.74, 6) is 0. The van der Waals surface area contributed by atoms with Gasteiger partial charge in [0, 0.05) is 19.7 Å². The van der Waals surface area contributed by atoms with Crippen LogP contribution in [-0.2, 0) is 10.9 Å². The molecule has 0 bridgehead atoms. The van der Waals surface area contributed by atoms with Crippen LogP contribution in [0, 0.1) is 11.3 Å². The van der Waals surface area contributed by atoms with Gasteiger partial charge in [0.05, 0.1) is 34.9 Å². The number of carbonyl (C=O) groups is 1. The lowest BCUT2D eigenvalue weighted by atomic mass is 10.2. The number of benzene rings is 1. The molecule has 1 aliphatic heterocycles. The molecule has 136 valence electrons. The minimum absolute atomic E-state index is 0.00120. The van der Waals surface area contributed by atoms with Gasteiger partial charge in [-0.1, -0.05) is 11.6 Å². The molecule has 1 N–H and O–H groups in total. The van der Waals surface area contributed by atoms with Crippen LogP contribution >= 0.6 is 11.6 Å². The lowest BCUT2D eigenvalue weighted by Crippen LogP contribution is -2.40. The third-order valence-corrected chi connectivity index (χ3v) is 4.09. The van der Waals surface area contributed by atoms with Crippen LogP contribution in [-0.4, -0.2) is 36.7 Å². The van der Waals surface area contributed by atoms with E-state index in [0.717, 1.165) is 31.0 Å². The smallest absolute Gasteiger partial charge is 0.376 e. The summed E-state index contributed by atoms with van der Waals surface area (Å²) in [6, 6.07) is 4.04. The number of nitrogens with one attached hydrogen (secondary N) is 1. The minimum atomic E-state index is -4.54. The predicted molar refractivity (Wildman–Crippen MR) is 86.2 cm³/mol. The van der Waals surface area contributed by atoms with Crippen molar-refractivity contribution < 1.29 is 22.7 Å². The summed E-state index contributed by atoms with van der Waals surface area (Å²) in [6.07, 6.45) is -2.89. The van der Waals surface area contributed by atoms with Gasteiger partial charge in [-0.25, -0.2) is 4.79 Å². The van der Waals surface area contributed by atoms with Gasteiger partial charge in [-0.2, -0.15) is 18.4 Å². The standard InChI is InChI=1S/C16H17ClF3N3O2/c17-13-5-4-11(16(18,19)20)9-14(13)22-15(24)23(7-2-6-21)10-12-3-1-8-25-12/h4-5,9,12H,1-3,7-8,10H2,(H,22,24). The molecule has 2 rings (SSSR count). The van der Waals surface area contributed by atoms with Gasteiger partial charge in [-0.3, -0.25) is 0 Å². The zero-order chi connectivity index (χ0) is 18.4. The van der Waals surface area contributed by atoms with Crippen molar-refractivity contribution in [3.05, 3.63) is 28.8 Å². The maximum atomic E-state index is 12.8. The van der Waals surface area contributed by atoms with Crippen LogP contribution in [0.4, 0.5) is 23.7 Å². The van der Waals surface area contributed by atoms with Gasteiger partial charge < -0.3 is 15.0 Å². The number of anilines is 1. The van der Waals surface area contributed by atoms with E-state index < -0.39 is 17.8 Å². The third kappa shape index (κ3) is 5.51. The fourth-order valence-corrected chi connectivity index (χ4v) is 2.65. The zero-order valence-corrected chi connectivity index (χ0v) is 14.0. The number of alkyl halides is 3. The molecule has 5 nitrogen and oxygen atoms in total. The van der Waals surface area contributed by atoms with Crippen LogP contribution in [0.3, 0.4) is 0 Å². The Morgan fingerprint density at radius 2 is 2.24 bits per heavy atom. The minimum Gasteiger partial charge on any atom is -0.376 e. The quantitative estimate of drug-likeness (QED) is 0.835. The normalized spacial score (nSPS) is 17.2. The Bertz CT molecular complexity index is 655. The van der Waals surface area contributed by atoms with E-state index in [9.17, 15) is 18.0 Å². The highest BCUT2D eigenvalue weighted by Gasteiger charge is 2.31. The van der Waals surface area contributed by atoms with Crippen molar-refractivity contribution in [3.63, 3.8) is 0 Å². The first-order valence-corrected chi connectivity index (χ1v) is 8.10. The molecule has 1 fully saturated rings. The van der Waals surface area contributed by atoms with E-state index in [1.807, 2.05) is 6.07 Å². The number of nitriles is 1. The molecule has 1 unspecified atom stereocenters. The van der Waals surface area contributed by atoms with E-state index in [1.54, 1.807) is 0 Å². The molecule has 1 aliphatic rings. The van der Waals surface area contributed by atoms with E-state index in [4.69, 9.17) is 21.6 Å². The molecule has 1 saturated heterocycles. The molecule has 0 spiro atoms. The number of halogens is 4. The van der Waals surface area contributed by atoms with Gasteiger partial charge in [0.25, 0.3) is 0 Å². The number of carbonyl (C=O) groups excluding carboxylic acids is 1. The number of ether oxygens (including phenoxy) is 1. The number of hydrogen-bond acceptors (Lipinski definition) is 3. The summed E-state index contributed by atoms with van der Waals surface area (Å²) >= 11 is 5.89. The second-order valence-electron chi connectivity index (χ2n) is 5.61. The first-order valence-electron chi connectivity index (χ1n) is 7.72. The van der Waals surface area contributed by atoms with Crippen LogP contribution in [0.1, 0.15) is 24.8 Å². The van der Waals surface area contributed by atoms with Crippen LogP contribution < -0.4 is 5.32 Å². The Hall–Kier alpha value is -1.98. The van der Waals surface area contributed by atoms with Crippen LogP contribution in [0.15, 0.2) is 18.2 Å². The van der Waals surface area contributed by atoms with Gasteiger partial charge in [-0.05, 0) is 31.0 Å². The zero-order valence-electron chi connectivity index (χ0n) is 13.3. The van der Waals surface area contributed by atoms with Crippen molar-refractivity contribution >= 4 is 23.3 Å². The van der Waals surface area contributed by atoms with Crippen LogP contribution in [0.2, 0.25) is 5.02 Å². The Morgan fingerprint density at radius 1 is 1.48 bits per heavy atom.